The lowest BCUT2D eigenvalue weighted by molar-refractivity contribution is -0.143. The third-order valence-corrected chi connectivity index (χ3v) is 8.73. The summed E-state index contributed by atoms with van der Waals surface area (Å²) < 4.78 is 91.3. The molecule has 0 spiro atoms. The number of nitriles is 1. The van der Waals surface area contributed by atoms with Crippen LogP contribution in [0.15, 0.2) is 54.6 Å². The molecule has 2 amide bonds. The third-order valence-electron chi connectivity index (χ3n) is 8.73. The topological polar surface area (TPSA) is 99.9 Å². The summed E-state index contributed by atoms with van der Waals surface area (Å²) in [6.45, 7) is 1.03. The summed E-state index contributed by atoms with van der Waals surface area (Å²) >= 11 is 0. The molecule has 3 aromatic rings. The van der Waals surface area contributed by atoms with Crippen molar-refractivity contribution in [1.82, 2.24) is 0 Å². The van der Waals surface area contributed by atoms with Gasteiger partial charge in [-0.2, -0.15) is 31.6 Å². The van der Waals surface area contributed by atoms with Gasteiger partial charge in [-0.05, 0) is 37.3 Å². The SMILES string of the molecule is CC12OC(CCOc3cc(C(F)(F)F)cc(C(F)(F)F)c3)(CC1O)C1C(=O)N(c3ccc(C#N)c4ccccc34)C(=O)C12. The fourth-order valence-electron chi connectivity index (χ4n) is 6.79. The molecule has 3 heterocycles. The molecule has 1 N–H and O–H groups in total. The van der Waals surface area contributed by atoms with E-state index in [9.17, 15) is 46.3 Å². The van der Waals surface area contributed by atoms with E-state index in [-0.39, 0.29) is 24.6 Å². The van der Waals surface area contributed by atoms with Gasteiger partial charge in [-0.15, -0.1) is 0 Å². The zero-order chi connectivity index (χ0) is 31.1. The van der Waals surface area contributed by atoms with Gasteiger partial charge < -0.3 is 14.6 Å². The Kier molecular flexibility index (Phi) is 6.34. The number of aliphatic hydroxyl groups is 1. The number of rotatable bonds is 5. The zero-order valence-corrected chi connectivity index (χ0v) is 22.3. The summed E-state index contributed by atoms with van der Waals surface area (Å²) in [4.78, 5) is 28.8. The van der Waals surface area contributed by atoms with Crippen LogP contribution < -0.4 is 9.64 Å². The third kappa shape index (κ3) is 4.34. The number of anilines is 1. The molecule has 6 rings (SSSR count). The molecule has 224 valence electrons. The molecule has 0 saturated carbocycles. The second kappa shape index (κ2) is 9.42. The highest BCUT2D eigenvalue weighted by molar-refractivity contribution is 6.26. The Bertz CT molecular complexity index is 1680. The Hall–Kier alpha value is -4.15. The van der Waals surface area contributed by atoms with E-state index in [1.807, 2.05) is 0 Å². The van der Waals surface area contributed by atoms with Crippen LogP contribution in [0, 0.1) is 23.2 Å². The number of halogens is 6. The number of carbonyl (C=O) groups excluding carboxylic acids is 2. The number of hydrogen-bond acceptors (Lipinski definition) is 6. The van der Waals surface area contributed by atoms with Gasteiger partial charge in [0.25, 0.3) is 0 Å². The van der Waals surface area contributed by atoms with Crippen LogP contribution in [-0.4, -0.2) is 40.8 Å². The van der Waals surface area contributed by atoms with Gasteiger partial charge in [0.05, 0.1) is 58.6 Å². The standard InChI is InChI=1S/C30H22F6N2O5/c1-27-22(39)13-28(43-27,8-9-42-18-11-16(29(31,32)33)10-17(12-18)30(34,35)36)24-23(27)25(40)38(26(24)41)21-7-6-15(14-37)19-4-2-3-5-20(19)21/h2-7,10-12,22-24,39H,8-9,13H2,1H3. The van der Waals surface area contributed by atoms with Gasteiger partial charge in [0.1, 0.15) is 11.4 Å². The highest BCUT2D eigenvalue weighted by atomic mass is 19.4. The van der Waals surface area contributed by atoms with E-state index in [1.165, 1.54) is 19.1 Å². The highest BCUT2D eigenvalue weighted by Crippen LogP contribution is 2.62. The number of carbonyl (C=O) groups is 2. The molecule has 13 heteroatoms. The van der Waals surface area contributed by atoms with Crippen LogP contribution in [-0.2, 0) is 26.7 Å². The van der Waals surface area contributed by atoms with Crippen molar-refractivity contribution in [2.24, 2.45) is 11.8 Å². The number of nitrogens with zero attached hydrogens (tertiary/aromatic N) is 2. The molecule has 5 atom stereocenters. The van der Waals surface area contributed by atoms with Crippen molar-refractivity contribution in [3.05, 3.63) is 71.3 Å². The average molecular weight is 605 g/mol. The monoisotopic (exact) mass is 604 g/mol. The van der Waals surface area contributed by atoms with Gasteiger partial charge in [0.2, 0.25) is 11.8 Å². The smallest absolute Gasteiger partial charge is 0.416 e. The molecule has 3 aromatic carbocycles. The van der Waals surface area contributed by atoms with E-state index in [1.54, 1.807) is 24.3 Å². The summed E-state index contributed by atoms with van der Waals surface area (Å²) in [7, 11) is 0. The lowest BCUT2D eigenvalue weighted by Crippen LogP contribution is -2.49. The Balaban J connectivity index is 1.32. The lowest BCUT2D eigenvalue weighted by Gasteiger charge is -2.33. The molecule has 0 aliphatic carbocycles. The number of benzene rings is 3. The molecule has 2 bridgehead atoms. The van der Waals surface area contributed by atoms with Crippen LogP contribution in [0.2, 0.25) is 0 Å². The molecule has 3 fully saturated rings. The van der Waals surface area contributed by atoms with Crippen LogP contribution in [0.25, 0.3) is 10.8 Å². The van der Waals surface area contributed by atoms with Crippen LogP contribution in [0.4, 0.5) is 32.0 Å². The summed E-state index contributed by atoms with van der Waals surface area (Å²) in [5, 5.41) is 21.4. The summed E-state index contributed by atoms with van der Waals surface area (Å²) in [6, 6.07) is 12.7. The maximum absolute atomic E-state index is 14.0. The maximum Gasteiger partial charge on any atom is 0.416 e. The number of hydrogen-bond donors (Lipinski definition) is 1. The minimum atomic E-state index is -5.06. The molecule has 3 saturated heterocycles. The Morgan fingerprint density at radius 2 is 1.58 bits per heavy atom. The van der Waals surface area contributed by atoms with Crippen molar-refractivity contribution in [1.29, 1.82) is 5.26 Å². The fraction of sp³-hybridized carbons (Fsp3) is 0.367. The van der Waals surface area contributed by atoms with Crippen LogP contribution in [0.5, 0.6) is 5.75 Å². The number of alkyl halides is 6. The van der Waals surface area contributed by atoms with Crippen molar-refractivity contribution < 1.29 is 50.5 Å². The quantitative estimate of drug-likeness (QED) is 0.300. The van der Waals surface area contributed by atoms with Crippen LogP contribution >= 0.6 is 0 Å². The second-order valence-corrected chi connectivity index (χ2v) is 11.2. The maximum atomic E-state index is 14.0. The number of amides is 2. The van der Waals surface area contributed by atoms with E-state index in [0.29, 0.717) is 28.5 Å². The molecular weight excluding hydrogens is 582 g/mol. The molecule has 5 unspecified atom stereocenters. The first-order chi connectivity index (χ1) is 20.1. The molecular formula is C30H22F6N2O5. The van der Waals surface area contributed by atoms with Crippen LogP contribution in [0.3, 0.4) is 0 Å². The summed E-state index contributed by atoms with van der Waals surface area (Å²) in [5.74, 6) is -4.14. The summed E-state index contributed by atoms with van der Waals surface area (Å²) in [5.41, 5.74) is -5.46. The van der Waals surface area contributed by atoms with E-state index in [0.717, 1.165) is 4.90 Å². The zero-order valence-electron chi connectivity index (χ0n) is 22.3. The largest absolute Gasteiger partial charge is 0.493 e. The Labute approximate surface area is 240 Å². The number of aliphatic hydroxyl groups excluding tert-OH is 1. The van der Waals surface area contributed by atoms with E-state index in [2.05, 4.69) is 6.07 Å². The van der Waals surface area contributed by atoms with Crippen molar-refractivity contribution in [3.63, 3.8) is 0 Å². The molecule has 7 nitrogen and oxygen atoms in total. The van der Waals surface area contributed by atoms with Gasteiger partial charge >= 0.3 is 12.4 Å². The Morgan fingerprint density at radius 1 is 0.977 bits per heavy atom. The summed E-state index contributed by atoms with van der Waals surface area (Å²) in [6.07, 6.45) is -11.6. The van der Waals surface area contributed by atoms with Gasteiger partial charge in [-0.25, -0.2) is 4.90 Å². The minimum absolute atomic E-state index is 0.0146. The minimum Gasteiger partial charge on any atom is -0.493 e. The first-order valence-corrected chi connectivity index (χ1v) is 13.2. The van der Waals surface area contributed by atoms with Crippen molar-refractivity contribution >= 4 is 28.3 Å². The lowest BCUT2D eigenvalue weighted by atomic mass is 9.66. The van der Waals surface area contributed by atoms with Crippen molar-refractivity contribution in [2.45, 2.75) is 49.4 Å². The molecule has 0 radical (unpaired) electrons. The molecule has 3 aliphatic heterocycles. The van der Waals surface area contributed by atoms with Crippen molar-refractivity contribution in [2.75, 3.05) is 11.5 Å². The molecule has 0 aromatic heterocycles. The predicted molar refractivity (Wildman–Crippen MR) is 138 cm³/mol. The van der Waals surface area contributed by atoms with Gasteiger partial charge in [-0.1, -0.05) is 24.3 Å². The van der Waals surface area contributed by atoms with E-state index in [4.69, 9.17) is 9.47 Å². The average Bonchev–Trinajstić information content (AvgIpc) is 3.47. The van der Waals surface area contributed by atoms with Gasteiger partial charge in [0, 0.05) is 23.6 Å². The molecule has 3 aliphatic rings. The van der Waals surface area contributed by atoms with Crippen LogP contribution in [0.1, 0.15) is 36.5 Å². The number of imide groups is 1. The van der Waals surface area contributed by atoms with Gasteiger partial charge in [0.15, 0.2) is 0 Å². The first-order valence-electron chi connectivity index (χ1n) is 13.2. The first kappa shape index (κ1) is 28.9. The number of ether oxygens (including phenoxy) is 2. The normalized spacial score (nSPS) is 28.4. The number of fused-ring (bicyclic) bond motifs is 6. The Morgan fingerprint density at radius 3 is 2.19 bits per heavy atom. The fourth-order valence-corrected chi connectivity index (χ4v) is 6.79. The van der Waals surface area contributed by atoms with E-state index < -0.39 is 76.8 Å². The molecule has 43 heavy (non-hydrogen) atoms. The van der Waals surface area contributed by atoms with E-state index >= 15 is 0 Å². The predicted octanol–water partition coefficient (Wildman–Crippen LogP) is 5.62. The van der Waals surface area contributed by atoms with Crippen molar-refractivity contribution in [3.8, 4) is 11.8 Å². The second-order valence-electron chi connectivity index (χ2n) is 11.2. The van der Waals surface area contributed by atoms with Gasteiger partial charge in [-0.3, -0.25) is 9.59 Å². The highest BCUT2D eigenvalue weighted by Gasteiger charge is 2.77.